The lowest BCUT2D eigenvalue weighted by Gasteiger charge is -1.95. The highest BCUT2D eigenvalue weighted by Gasteiger charge is 1.93. The van der Waals surface area contributed by atoms with Gasteiger partial charge in [0.2, 0.25) is 0 Å². The molecular formula is C8H14N2S. The second kappa shape index (κ2) is 6.16. The van der Waals surface area contributed by atoms with Crippen molar-refractivity contribution in [1.82, 2.24) is 9.97 Å². The summed E-state index contributed by atoms with van der Waals surface area (Å²) in [5, 5.41) is 0. The van der Waals surface area contributed by atoms with Gasteiger partial charge in [-0.3, -0.25) is 0 Å². The zero-order valence-electron chi connectivity index (χ0n) is 7.46. The minimum atomic E-state index is 1.05. The molecule has 0 saturated carbocycles. The van der Waals surface area contributed by atoms with E-state index < -0.39 is 0 Å². The Morgan fingerprint density at radius 2 is 2.00 bits per heavy atom. The van der Waals surface area contributed by atoms with Crippen LogP contribution in [-0.2, 0) is 0 Å². The third-order valence-electron chi connectivity index (χ3n) is 1.09. The van der Waals surface area contributed by atoms with Crippen LogP contribution in [0.5, 0.6) is 0 Å². The van der Waals surface area contributed by atoms with E-state index in [0.717, 1.165) is 10.6 Å². The minimum Gasteiger partial charge on any atom is -0.244 e. The summed E-state index contributed by atoms with van der Waals surface area (Å²) < 4.78 is 0. The number of rotatable bonds is 1. The van der Waals surface area contributed by atoms with Crippen molar-refractivity contribution in [2.45, 2.75) is 25.7 Å². The SMILES string of the molecule is CC.CSc1cncnc1C. The highest BCUT2D eigenvalue weighted by Crippen LogP contribution is 2.14. The summed E-state index contributed by atoms with van der Waals surface area (Å²) in [7, 11) is 0. The number of nitrogens with zero attached hydrogens (tertiary/aromatic N) is 2. The average Bonchev–Trinajstić information content (AvgIpc) is 2.09. The molecule has 0 fully saturated rings. The molecular weight excluding hydrogens is 156 g/mol. The first-order valence-corrected chi connectivity index (χ1v) is 4.87. The van der Waals surface area contributed by atoms with Gasteiger partial charge < -0.3 is 0 Å². The zero-order chi connectivity index (χ0) is 8.69. The largest absolute Gasteiger partial charge is 0.244 e. The van der Waals surface area contributed by atoms with Crippen molar-refractivity contribution in [3.05, 3.63) is 18.2 Å². The maximum Gasteiger partial charge on any atom is 0.115 e. The molecule has 0 bridgehead atoms. The Morgan fingerprint density at radius 3 is 2.36 bits per heavy atom. The Labute approximate surface area is 72.5 Å². The molecule has 0 saturated heterocycles. The van der Waals surface area contributed by atoms with E-state index >= 15 is 0 Å². The van der Waals surface area contributed by atoms with Crippen LogP contribution in [0.2, 0.25) is 0 Å². The zero-order valence-corrected chi connectivity index (χ0v) is 8.27. The molecule has 2 nitrogen and oxygen atoms in total. The second-order valence-electron chi connectivity index (χ2n) is 1.68. The summed E-state index contributed by atoms with van der Waals surface area (Å²) in [5.41, 5.74) is 1.05. The molecule has 3 heteroatoms. The molecule has 1 heterocycles. The van der Waals surface area contributed by atoms with Gasteiger partial charge in [-0.05, 0) is 13.2 Å². The number of aromatic nitrogens is 2. The number of hydrogen-bond donors (Lipinski definition) is 0. The average molecular weight is 170 g/mol. The van der Waals surface area contributed by atoms with Gasteiger partial charge in [0, 0.05) is 11.1 Å². The molecule has 0 radical (unpaired) electrons. The van der Waals surface area contributed by atoms with Gasteiger partial charge in [-0.2, -0.15) is 0 Å². The maximum atomic E-state index is 4.02. The lowest BCUT2D eigenvalue weighted by Crippen LogP contribution is -1.84. The molecule has 1 aromatic heterocycles. The molecule has 11 heavy (non-hydrogen) atoms. The second-order valence-corrected chi connectivity index (χ2v) is 2.52. The summed E-state index contributed by atoms with van der Waals surface area (Å²) in [5.74, 6) is 0. The van der Waals surface area contributed by atoms with Crippen LogP contribution in [-0.4, -0.2) is 16.2 Å². The Kier molecular flexibility index (Phi) is 5.84. The Balaban J connectivity index is 0.000000461. The van der Waals surface area contributed by atoms with Gasteiger partial charge in [0.25, 0.3) is 0 Å². The predicted molar refractivity (Wildman–Crippen MR) is 49.9 cm³/mol. The monoisotopic (exact) mass is 170 g/mol. The highest BCUT2D eigenvalue weighted by molar-refractivity contribution is 7.98. The topological polar surface area (TPSA) is 25.8 Å². The van der Waals surface area contributed by atoms with E-state index in [2.05, 4.69) is 9.97 Å². The van der Waals surface area contributed by atoms with Crippen LogP contribution in [0.15, 0.2) is 17.4 Å². The van der Waals surface area contributed by atoms with Gasteiger partial charge in [0.05, 0.1) is 5.69 Å². The molecule has 0 aliphatic rings. The van der Waals surface area contributed by atoms with E-state index in [1.807, 2.05) is 33.2 Å². The first kappa shape index (κ1) is 10.4. The maximum absolute atomic E-state index is 4.02. The molecule has 0 aliphatic carbocycles. The van der Waals surface area contributed by atoms with Gasteiger partial charge >= 0.3 is 0 Å². The fraction of sp³-hybridized carbons (Fsp3) is 0.500. The van der Waals surface area contributed by atoms with Gasteiger partial charge in [0.15, 0.2) is 0 Å². The smallest absolute Gasteiger partial charge is 0.115 e. The number of thioether (sulfide) groups is 1. The van der Waals surface area contributed by atoms with E-state index in [4.69, 9.17) is 0 Å². The van der Waals surface area contributed by atoms with Gasteiger partial charge in [-0.1, -0.05) is 13.8 Å². The molecule has 0 aromatic carbocycles. The van der Waals surface area contributed by atoms with Crippen molar-refractivity contribution < 1.29 is 0 Å². The van der Waals surface area contributed by atoms with Crippen molar-refractivity contribution in [2.24, 2.45) is 0 Å². The number of aryl methyl sites for hydroxylation is 1. The van der Waals surface area contributed by atoms with E-state index in [1.54, 1.807) is 18.1 Å². The Morgan fingerprint density at radius 1 is 1.36 bits per heavy atom. The standard InChI is InChI=1S/C6H8N2S.C2H6/c1-5-6(9-2)3-7-4-8-5;1-2/h3-4H,1-2H3;1-2H3. The molecule has 0 unspecified atom stereocenters. The summed E-state index contributed by atoms with van der Waals surface area (Å²) >= 11 is 1.67. The van der Waals surface area contributed by atoms with Crippen molar-refractivity contribution in [3.8, 4) is 0 Å². The van der Waals surface area contributed by atoms with Crippen molar-refractivity contribution >= 4 is 11.8 Å². The molecule has 0 aliphatic heterocycles. The third kappa shape index (κ3) is 3.37. The highest BCUT2D eigenvalue weighted by atomic mass is 32.2. The van der Waals surface area contributed by atoms with Gasteiger partial charge in [-0.25, -0.2) is 9.97 Å². The van der Waals surface area contributed by atoms with E-state index in [1.165, 1.54) is 0 Å². The Bertz CT molecular complexity index is 201. The lowest BCUT2D eigenvalue weighted by atomic mass is 10.5. The molecule has 0 spiro atoms. The summed E-state index contributed by atoms with van der Waals surface area (Å²) in [6.07, 6.45) is 5.41. The van der Waals surface area contributed by atoms with E-state index in [9.17, 15) is 0 Å². The third-order valence-corrected chi connectivity index (χ3v) is 1.93. The first-order valence-electron chi connectivity index (χ1n) is 3.65. The van der Waals surface area contributed by atoms with Crippen molar-refractivity contribution in [2.75, 3.05) is 6.26 Å². The summed E-state index contributed by atoms with van der Waals surface area (Å²) in [4.78, 5) is 9.05. The van der Waals surface area contributed by atoms with Crippen LogP contribution >= 0.6 is 11.8 Å². The van der Waals surface area contributed by atoms with Crippen molar-refractivity contribution in [1.29, 1.82) is 0 Å². The van der Waals surface area contributed by atoms with Gasteiger partial charge in [0.1, 0.15) is 6.33 Å². The molecule has 0 amide bonds. The predicted octanol–water partition coefficient (Wildman–Crippen LogP) is 2.53. The molecule has 62 valence electrons. The van der Waals surface area contributed by atoms with Gasteiger partial charge in [-0.15, -0.1) is 11.8 Å². The van der Waals surface area contributed by atoms with Crippen LogP contribution in [0, 0.1) is 6.92 Å². The first-order chi connectivity index (χ1) is 5.34. The van der Waals surface area contributed by atoms with E-state index in [0.29, 0.717) is 0 Å². The Hall–Kier alpha value is -0.570. The minimum absolute atomic E-state index is 1.05. The van der Waals surface area contributed by atoms with Crippen LogP contribution in [0.25, 0.3) is 0 Å². The summed E-state index contributed by atoms with van der Waals surface area (Å²) in [6.45, 7) is 5.98. The molecule has 0 N–H and O–H groups in total. The lowest BCUT2D eigenvalue weighted by molar-refractivity contribution is 1.03. The van der Waals surface area contributed by atoms with E-state index in [-0.39, 0.29) is 0 Å². The molecule has 1 rings (SSSR count). The normalized spacial score (nSPS) is 8.36. The van der Waals surface area contributed by atoms with Crippen LogP contribution in [0.3, 0.4) is 0 Å². The van der Waals surface area contributed by atoms with Crippen LogP contribution in [0.1, 0.15) is 19.5 Å². The summed E-state index contributed by atoms with van der Waals surface area (Å²) in [6, 6.07) is 0. The van der Waals surface area contributed by atoms with Crippen LogP contribution in [0.4, 0.5) is 0 Å². The fourth-order valence-electron chi connectivity index (χ4n) is 0.578. The van der Waals surface area contributed by atoms with Crippen LogP contribution < -0.4 is 0 Å². The molecule has 0 atom stereocenters. The van der Waals surface area contributed by atoms with Crippen molar-refractivity contribution in [3.63, 3.8) is 0 Å². The molecule has 1 aromatic rings. The quantitative estimate of drug-likeness (QED) is 0.606. The fourth-order valence-corrected chi connectivity index (χ4v) is 1.09. The number of hydrogen-bond acceptors (Lipinski definition) is 3.